The van der Waals surface area contributed by atoms with Crippen LogP contribution in [0.15, 0.2) is 54.6 Å². The molecule has 2 aromatic carbocycles. The van der Waals surface area contributed by atoms with E-state index in [4.69, 9.17) is 4.74 Å². The summed E-state index contributed by atoms with van der Waals surface area (Å²) in [4.78, 5) is 0. The molecular formula is C18H20O2. The average Bonchev–Trinajstić information content (AvgIpc) is 2.44. The topological polar surface area (TPSA) is 29.5 Å². The fraction of sp³-hybridized carbons (Fsp3) is 0.222. The third-order valence-electron chi connectivity index (χ3n) is 3.06. The highest BCUT2D eigenvalue weighted by Crippen LogP contribution is 2.26. The van der Waals surface area contributed by atoms with Crippen LogP contribution in [0.5, 0.6) is 5.75 Å². The second-order valence-corrected chi connectivity index (χ2v) is 4.84. The zero-order valence-electron chi connectivity index (χ0n) is 11.9. The zero-order chi connectivity index (χ0) is 14.4. The van der Waals surface area contributed by atoms with Crippen LogP contribution in [0, 0.1) is 6.92 Å². The molecule has 0 fully saturated rings. The summed E-state index contributed by atoms with van der Waals surface area (Å²) in [7, 11) is 0. The van der Waals surface area contributed by atoms with Gasteiger partial charge in [0.25, 0.3) is 0 Å². The molecule has 0 spiro atoms. The van der Waals surface area contributed by atoms with Crippen molar-refractivity contribution in [2.45, 2.75) is 20.0 Å². The van der Waals surface area contributed by atoms with Crippen molar-refractivity contribution in [2.24, 2.45) is 0 Å². The minimum atomic E-state index is -0.524. The summed E-state index contributed by atoms with van der Waals surface area (Å²) < 4.78 is 5.75. The Labute approximate surface area is 120 Å². The van der Waals surface area contributed by atoms with Crippen molar-refractivity contribution >= 4 is 6.08 Å². The largest absolute Gasteiger partial charge is 0.489 e. The Kier molecular flexibility index (Phi) is 4.97. The molecule has 0 aliphatic rings. The van der Waals surface area contributed by atoms with E-state index in [0.717, 1.165) is 22.4 Å². The molecule has 1 atom stereocenters. The minimum absolute atomic E-state index is 0.484. The van der Waals surface area contributed by atoms with Gasteiger partial charge in [-0.2, -0.15) is 0 Å². The van der Waals surface area contributed by atoms with Crippen LogP contribution in [0.3, 0.4) is 0 Å². The first-order chi connectivity index (χ1) is 9.66. The van der Waals surface area contributed by atoms with E-state index in [0.29, 0.717) is 6.61 Å². The standard InChI is InChI=1S/C18H20O2/c1-14-10-11-17(15(2)19)18(13-14)20-12-6-9-16-7-4-3-5-8-16/h3-11,13,15,19H,12H2,1-2H3. The van der Waals surface area contributed by atoms with Crippen LogP contribution in [0.4, 0.5) is 0 Å². The molecule has 2 aromatic rings. The maximum absolute atomic E-state index is 9.73. The lowest BCUT2D eigenvalue weighted by Crippen LogP contribution is -2.00. The summed E-state index contributed by atoms with van der Waals surface area (Å²) in [6.07, 6.45) is 3.48. The summed E-state index contributed by atoms with van der Waals surface area (Å²) in [6.45, 7) is 4.24. The van der Waals surface area contributed by atoms with Gasteiger partial charge in [-0.3, -0.25) is 0 Å². The molecule has 1 unspecified atom stereocenters. The summed E-state index contributed by atoms with van der Waals surface area (Å²) >= 11 is 0. The second-order valence-electron chi connectivity index (χ2n) is 4.84. The lowest BCUT2D eigenvalue weighted by Gasteiger charge is -2.13. The number of rotatable bonds is 5. The molecule has 0 heterocycles. The zero-order valence-corrected chi connectivity index (χ0v) is 11.9. The quantitative estimate of drug-likeness (QED) is 0.883. The van der Waals surface area contributed by atoms with E-state index < -0.39 is 6.10 Å². The van der Waals surface area contributed by atoms with Gasteiger partial charge >= 0.3 is 0 Å². The Hall–Kier alpha value is -2.06. The maximum atomic E-state index is 9.73. The third-order valence-corrected chi connectivity index (χ3v) is 3.06. The minimum Gasteiger partial charge on any atom is -0.489 e. The molecular weight excluding hydrogens is 248 g/mol. The molecule has 0 aliphatic carbocycles. The van der Waals surface area contributed by atoms with Gasteiger partial charge in [-0.15, -0.1) is 0 Å². The van der Waals surface area contributed by atoms with Crippen molar-refractivity contribution in [3.05, 3.63) is 71.3 Å². The Bertz CT molecular complexity index is 571. The van der Waals surface area contributed by atoms with Crippen molar-refractivity contribution < 1.29 is 9.84 Å². The van der Waals surface area contributed by atoms with Gasteiger partial charge in [0.2, 0.25) is 0 Å². The molecule has 2 nitrogen and oxygen atoms in total. The van der Waals surface area contributed by atoms with Crippen LogP contribution in [-0.4, -0.2) is 11.7 Å². The molecule has 0 bridgehead atoms. The van der Waals surface area contributed by atoms with Crippen LogP contribution < -0.4 is 4.74 Å². The smallest absolute Gasteiger partial charge is 0.125 e. The number of ether oxygens (including phenoxy) is 1. The molecule has 0 amide bonds. The van der Waals surface area contributed by atoms with Gasteiger partial charge in [0.05, 0.1) is 6.10 Å². The molecule has 0 radical (unpaired) electrons. The molecule has 2 rings (SSSR count). The Morgan fingerprint density at radius 3 is 2.60 bits per heavy atom. The van der Waals surface area contributed by atoms with Crippen LogP contribution in [0.1, 0.15) is 29.7 Å². The summed E-state index contributed by atoms with van der Waals surface area (Å²) in [6, 6.07) is 16.0. The average molecular weight is 268 g/mol. The summed E-state index contributed by atoms with van der Waals surface area (Å²) in [5.41, 5.74) is 3.09. The van der Waals surface area contributed by atoms with Crippen molar-refractivity contribution in [3.8, 4) is 5.75 Å². The highest BCUT2D eigenvalue weighted by Gasteiger charge is 2.08. The highest BCUT2D eigenvalue weighted by atomic mass is 16.5. The first-order valence-electron chi connectivity index (χ1n) is 6.80. The van der Waals surface area contributed by atoms with Crippen LogP contribution in [0.25, 0.3) is 6.08 Å². The molecule has 104 valence electrons. The Morgan fingerprint density at radius 2 is 1.90 bits per heavy atom. The lowest BCUT2D eigenvalue weighted by molar-refractivity contribution is 0.193. The van der Waals surface area contributed by atoms with E-state index in [2.05, 4.69) is 0 Å². The lowest BCUT2D eigenvalue weighted by atomic mass is 10.1. The maximum Gasteiger partial charge on any atom is 0.125 e. The number of aryl methyl sites for hydroxylation is 1. The number of aliphatic hydroxyl groups excluding tert-OH is 1. The van der Waals surface area contributed by atoms with Crippen molar-refractivity contribution in [3.63, 3.8) is 0 Å². The Balaban J connectivity index is 2.00. The molecule has 2 heteroatoms. The third kappa shape index (κ3) is 3.97. The van der Waals surface area contributed by atoms with Gasteiger partial charge < -0.3 is 9.84 Å². The normalized spacial score (nSPS) is 12.6. The molecule has 1 N–H and O–H groups in total. The number of benzene rings is 2. The molecule has 20 heavy (non-hydrogen) atoms. The fourth-order valence-corrected chi connectivity index (χ4v) is 2.00. The van der Waals surface area contributed by atoms with Crippen molar-refractivity contribution in [1.82, 2.24) is 0 Å². The van der Waals surface area contributed by atoms with Gasteiger partial charge in [-0.1, -0.05) is 48.5 Å². The second kappa shape index (κ2) is 6.92. The molecule has 0 saturated carbocycles. The van der Waals surface area contributed by atoms with Crippen LogP contribution >= 0.6 is 0 Å². The summed E-state index contributed by atoms with van der Waals surface area (Å²) in [5, 5.41) is 9.73. The van der Waals surface area contributed by atoms with Gasteiger partial charge in [0, 0.05) is 5.56 Å². The van der Waals surface area contributed by atoms with Gasteiger partial charge in [-0.05, 0) is 37.1 Å². The van der Waals surface area contributed by atoms with Crippen molar-refractivity contribution in [1.29, 1.82) is 0 Å². The van der Waals surface area contributed by atoms with E-state index in [-0.39, 0.29) is 0 Å². The number of aliphatic hydroxyl groups is 1. The van der Waals surface area contributed by atoms with E-state index in [1.165, 1.54) is 0 Å². The number of hydrogen-bond acceptors (Lipinski definition) is 2. The van der Waals surface area contributed by atoms with Gasteiger partial charge in [0.15, 0.2) is 0 Å². The van der Waals surface area contributed by atoms with Gasteiger partial charge in [0.1, 0.15) is 12.4 Å². The molecule has 0 saturated heterocycles. The fourth-order valence-electron chi connectivity index (χ4n) is 2.00. The SMILES string of the molecule is Cc1ccc(C(C)O)c(OCC=Cc2ccccc2)c1. The monoisotopic (exact) mass is 268 g/mol. The Morgan fingerprint density at radius 1 is 1.15 bits per heavy atom. The van der Waals surface area contributed by atoms with Crippen molar-refractivity contribution in [2.75, 3.05) is 6.61 Å². The first-order valence-corrected chi connectivity index (χ1v) is 6.80. The van der Waals surface area contributed by atoms with E-state index in [1.54, 1.807) is 6.92 Å². The predicted octanol–water partition coefficient (Wildman–Crippen LogP) is 4.14. The number of hydrogen-bond donors (Lipinski definition) is 1. The van der Waals surface area contributed by atoms with Crippen LogP contribution in [-0.2, 0) is 0 Å². The summed E-state index contributed by atoms with van der Waals surface area (Å²) in [5.74, 6) is 0.748. The highest BCUT2D eigenvalue weighted by molar-refractivity contribution is 5.48. The van der Waals surface area contributed by atoms with Crippen LogP contribution in [0.2, 0.25) is 0 Å². The predicted molar refractivity (Wildman–Crippen MR) is 82.8 cm³/mol. The van der Waals surface area contributed by atoms with E-state index in [9.17, 15) is 5.11 Å². The van der Waals surface area contributed by atoms with E-state index in [1.807, 2.05) is 67.6 Å². The molecule has 0 aromatic heterocycles. The first kappa shape index (κ1) is 14.4. The molecule has 0 aliphatic heterocycles. The van der Waals surface area contributed by atoms with Gasteiger partial charge in [-0.25, -0.2) is 0 Å². The van der Waals surface area contributed by atoms with E-state index >= 15 is 0 Å².